The van der Waals surface area contributed by atoms with Crippen molar-refractivity contribution in [3.63, 3.8) is 0 Å². The Labute approximate surface area is 70.5 Å². The highest BCUT2D eigenvalue weighted by Crippen LogP contribution is 2.15. The van der Waals surface area contributed by atoms with Gasteiger partial charge in [-0.2, -0.15) is 4.40 Å². The quantitative estimate of drug-likeness (QED) is 0.571. The molecule has 0 saturated heterocycles. The van der Waals surface area contributed by atoms with Gasteiger partial charge in [-0.15, -0.1) is 0 Å². The predicted molar refractivity (Wildman–Crippen MR) is 45.0 cm³/mol. The molecule has 0 amide bonds. The Morgan fingerprint density at radius 3 is 3.00 bits per heavy atom. The van der Waals surface area contributed by atoms with Crippen molar-refractivity contribution in [2.45, 2.75) is 6.92 Å². The van der Waals surface area contributed by atoms with Gasteiger partial charge in [0.2, 0.25) is 5.75 Å². The average Bonchev–Trinajstić information content (AvgIpc) is 2.31. The zero-order chi connectivity index (χ0) is 8.72. The van der Waals surface area contributed by atoms with Gasteiger partial charge in [-0.3, -0.25) is 0 Å². The van der Waals surface area contributed by atoms with E-state index in [2.05, 4.69) is 0 Å². The minimum absolute atomic E-state index is 0.322. The number of rotatable bonds is 0. The van der Waals surface area contributed by atoms with Gasteiger partial charge in [0.05, 0.1) is 13.2 Å². The van der Waals surface area contributed by atoms with Gasteiger partial charge in [0.1, 0.15) is 12.4 Å². The second-order valence-electron chi connectivity index (χ2n) is 3.04. The largest absolute Gasteiger partial charge is 0.501 e. The summed E-state index contributed by atoms with van der Waals surface area (Å²) in [5.41, 5.74) is 1.87. The highest BCUT2D eigenvalue weighted by atomic mass is 16.3. The molecule has 12 heavy (non-hydrogen) atoms. The molecule has 2 heterocycles. The molecule has 0 aromatic carbocycles. The first kappa shape index (κ1) is 7.16. The van der Waals surface area contributed by atoms with Crippen LogP contribution in [-0.4, -0.2) is 9.51 Å². The molecule has 62 valence electrons. The van der Waals surface area contributed by atoms with Crippen LogP contribution in [0.2, 0.25) is 0 Å². The Balaban J connectivity index is 2.93. The van der Waals surface area contributed by atoms with Crippen LogP contribution in [0.25, 0.3) is 5.65 Å². The maximum Gasteiger partial charge on any atom is 0.328 e. The van der Waals surface area contributed by atoms with Gasteiger partial charge in [0, 0.05) is 0 Å². The van der Waals surface area contributed by atoms with E-state index >= 15 is 0 Å². The molecule has 0 aliphatic heterocycles. The first-order chi connectivity index (χ1) is 5.68. The summed E-state index contributed by atoms with van der Waals surface area (Å²) in [6.45, 7) is 1.96. The third-order valence-corrected chi connectivity index (χ3v) is 1.97. The smallest absolute Gasteiger partial charge is 0.328 e. The number of hydrogen-bond donors (Lipinski definition) is 1. The normalized spacial score (nSPS) is 10.8. The molecule has 2 aromatic rings. The van der Waals surface area contributed by atoms with Crippen LogP contribution in [0, 0.1) is 6.92 Å². The van der Waals surface area contributed by atoms with Crippen LogP contribution in [0.15, 0.2) is 24.7 Å². The van der Waals surface area contributed by atoms with Gasteiger partial charge >= 0.3 is 5.65 Å². The van der Waals surface area contributed by atoms with E-state index in [1.54, 1.807) is 6.07 Å². The van der Waals surface area contributed by atoms with E-state index in [0.717, 1.165) is 11.2 Å². The molecule has 3 nitrogen and oxygen atoms in total. The van der Waals surface area contributed by atoms with Gasteiger partial charge < -0.3 is 5.11 Å². The fourth-order valence-electron chi connectivity index (χ4n) is 1.45. The highest BCUT2D eigenvalue weighted by Gasteiger charge is 2.11. The van der Waals surface area contributed by atoms with Crippen LogP contribution >= 0.6 is 0 Å². The Hall–Kier alpha value is -1.51. The number of hydrogen-bond acceptors (Lipinski definition) is 1. The van der Waals surface area contributed by atoms with E-state index < -0.39 is 0 Å². The summed E-state index contributed by atoms with van der Waals surface area (Å²) in [7, 11) is 1.91. The minimum atomic E-state index is 0.322. The van der Waals surface area contributed by atoms with Crippen molar-refractivity contribution >= 4 is 5.65 Å². The summed E-state index contributed by atoms with van der Waals surface area (Å²) in [6, 6.07) is 1.76. The molecule has 0 aliphatic carbocycles. The van der Waals surface area contributed by atoms with Gasteiger partial charge in [-0.1, -0.05) is 0 Å². The monoisotopic (exact) mass is 163 g/mol. The molecule has 0 aliphatic rings. The Kier molecular flexibility index (Phi) is 1.33. The molecule has 3 heteroatoms. The topological polar surface area (TPSA) is 28.5 Å². The molecular weight excluding hydrogens is 152 g/mol. The number of imidazole rings is 1. The third kappa shape index (κ3) is 0.863. The van der Waals surface area contributed by atoms with Gasteiger partial charge in [0.25, 0.3) is 0 Å². The number of aryl methyl sites for hydroxylation is 2. The standard InChI is InChI=1S/C9H10N2O/c1-7-5-8(12)9-10(2)3-4-11(9)6-7/h3-6H,1-2H3/p+1. The maximum atomic E-state index is 9.58. The Morgan fingerprint density at radius 2 is 2.25 bits per heavy atom. The number of aromatic hydroxyl groups is 1. The summed E-state index contributed by atoms with van der Waals surface area (Å²) in [5.74, 6) is 0.322. The van der Waals surface area contributed by atoms with E-state index in [-0.39, 0.29) is 0 Å². The summed E-state index contributed by atoms with van der Waals surface area (Å²) < 4.78 is 3.79. The number of nitrogens with zero attached hydrogens (tertiary/aromatic N) is 2. The van der Waals surface area contributed by atoms with Crippen LogP contribution in [0.4, 0.5) is 0 Å². The molecule has 0 radical (unpaired) electrons. The van der Waals surface area contributed by atoms with E-state index in [1.165, 1.54) is 0 Å². The van der Waals surface area contributed by atoms with E-state index in [0.29, 0.717) is 5.75 Å². The van der Waals surface area contributed by atoms with Crippen LogP contribution in [0.1, 0.15) is 5.56 Å². The minimum Gasteiger partial charge on any atom is -0.501 e. The molecule has 2 rings (SSSR count). The Morgan fingerprint density at radius 1 is 1.50 bits per heavy atom. The van der Waals surface area contributed by atoms with Crippen LogP contribution in [-0.2, 0) is 7.05 Å². The van der Waals surface area contributed by atoms with Gasteiger partial charge in [-0.05, 0) is 18.6 Å². The van der Waals surface area contributed by atoms with Crippen molar-refractivity contribution in [2.75, 3.05) is 0 Å². The van der Waals surface area contributed by atoms with Crippen molar-refractivity contribution in [1.82, 2.24) is 4.40 Å². The molecule has 1 N–H and O–H groups in total. The van der Waals surface area contributed by atoms with Gasteiger partial charge in [-0.25, -0.2) is 4.57 Å². The van der Waals surface area contributed by atoms with E-state index in [4.69, 9.17) is 0 Å². The number of aromatic nitrogens is 2. The lowest BCUT2D eigenvalue weighted by Crippen LogP contribution is -2.25. The fourth-order valence-corrected chi connectivity index (χ4v) is 1.45. The summed E-state index contributed by atoms with van der Waals surface area (Å²) >= 11 is 0. The molecular formula is C9H11N2O+. The lowest BCUT2D eigenvalue weighted by molar-refractivity contribution is -0.644. The van der Waals surface area contributed by atoms with Crippen molar-refractivity contribution in [1.29, 1.82) is 0 Å². The third-order valence-electron chi connectivity index (χ3n) is 1.97. The second-order valence-corrected chi connectivity index (χ2v) is 3.04. The first-order valence-electron chi connectivity index (χ1n) is 3.84. The molecule has 0 spiro atoms. The zero-order valence-electron chi connectivity index (χ0n) is 7.15. The lowest BCUT2D eigenvalue weighted by atomic mass is 10.3. The predicted octanol–water partition coefficient (Wildman–Crippen LogP) is 0.778. The van der Waals surface area contributed by atoms with Crippen molar-refractivity contribution in [3.8, 4) is 5.75 Å². The SMILES string of the molecule is Cc1cc(O)c2n(cc[n+]2C)c1. The zero-order valence-corrected chi connectivity index (χ0v) is 7.15. The number of pyridine rings is 1. The second kappa shape index (κ2) is 2.24. The average molecular weight is 163 g/mol. The lowest BCUT2D eigenvalue weighted by Gasteiger charge is -1.94. The summed E-state index contributed by atoms with van der Waals surface area (Å²) in [5, 5.41) is 9.58. The van der Waals surface area contributed by atoms with E-state index in [1.807, 2.05) is 41.5 Å². The molecule has 0 unspecified atom stereocenters. The summed E-state index contributed by atoms with van der Waals surface area (Å²) in [6.07, 6.45) is 5.81. The van der Waals surface area contributed by atoms with Crippen LogP contribution in [0.5, 0.6) is 5.75 Å². The van der Waals surface area contributed by atoms with Gasteiger partial charge in [0.15, 0.2) is 0 Å². The maximum absolute atomic E-state index is 9.58. The molecule has 0 fully saturated rings. The molecule has 0 atom stereocenters. The molecule has 2 aromatic heterocycles. The molecule has 0 saturated carbocycles. The highest BCUT2D eigenvalue weighted by molar-refractivity contribution is 5.49. The van der Waals surface area contributed by atoms with Crippen molar-refractivity contribution < 1.29 is 9.67 Å². The fraction of sp³-hybridized carbons (Fsp3) is 0.222. The van der Waals surface area contributed by atoms with E-state index in [9.17, 15) is 5.11 Å². The van der Waals surface area contributed by atoms with Crippen molar-refractivity contribution in [3.05, 3.63) is 30.2 Å². The number of fused-ring (bicyclic) bond motifs is 1. The Bertz CT molecular complexity index is 431. The molecule has 0 bridgehead atoms. The van der Waals surface area contributed by atoms with Crippen LogP contribution < -0.4 is 4.57 Å². The summed E-state index contributed by atoms with van der Waals surface area (Å²) in [4.78, 5) is 0. The van der Waals surface area contributed by atoms with Crippen molar-refractivity contribution in [2.24, 2.45) is 7.05 Å². The van der Waals surface area contributed by atoms with Crippen LogP contribution in [0.3, 0.4) is 0 Å². The first-order valence-corrected chi connectivity index (χ1v) is 3.84.